The molecule has 0 amide bonds. The fourth-order valence-corrected chi connectivity index (χ4v) is 2.83. The molecular formula is C13H22O3. The summed E-state index contributed by atoms with van der Waals surface area (Å²) in [5.74, 6) is -0.619. The van der Waals surface area contributed by atoms with Crippen molar-refractivity contribution in [3.63, 3.8) is 0 Å². The third-order valence-corrected chi connectivity index (χ3v) is 3.75. The lowest BCUT2D eigenvalue weighted by atomic mass is 9.72. The smallest absolute Gasteiger partial charge is 0.189 e. The summed E-state index contributed by atoms with van der Waals surface area (Å²) in [4.78, 5) is 0. The second-order valence-corrected chi connectivity index (χ2v) is 5.91. The highest BCUT2D eigenvalue weighted by molar-refractivity contribution is 5.21. The molecule has 0 radical (unpaired) electrons. The van der Waals surface area contributed by atoms with Gasteiger partial charge in [0.25, 0.3) is 0 Å². The lowest BCUT2D eigenvalue weighted by molar-refractivity contribution is -0.173. The molecular weight excluding hydrogens is 204 g/mol. The van der Waals surface area contributed by atoms with E-state index in [0.717, 1.165) is 5.57 Å². The average molecular weight is 226 g/mol. The maximum absolute atomic E-state index is 10.1. The van der Waals surface area contributed by atoms with E-state index in [1.165, 1.54) is 0 Å². The van der Waals surface area contributed by atoms with Crippen LogP contribution in [0.2, 0.25) is 0 Å². The first-order valence-corrected chi connectivity index (χ1v) is 5.99. The minimum Gasteiger partial charge on any atom is -0.388 e. The van der Waals surface area contributed by atoms with E-state index in [0.29, 0.717) is 6.42 Å². The van der Waals surface area contributed by atoms with Gasteiger partial charge in [0.1, 0.15) is 0 Å². The van der Waals surface area contributed by atoms with Gasteiger partial charge in [0.15, 0.2) is 5.79 Å². The molecule has 1 fully saturated rings. The molecule has 1 saturated heterocycles. The Morgan fingerprint density at radius 1 is 1.25 bits per heavy atom. The zero-order chi connectivity index (χ0) is 12.1. The van der Waals surface area contributed by atoms with Gasteiger partial charge in [-0.1, -0.05) is 13.8 Å². The van der Waals surface area contributed by atoms with Crippen LogP contribution < -0.4 is 0 Å². The number of aliphatic hydroxyl groups excluding tert-OH is 1. The SMILES string of the molecule is CC1=CC2(CC(C)(C)C1O)OC(C)C(C)O2. The Hall–Kier alpha value is -0.380. The van der Waals surface area contributed by atoms with Crippen molar-refractivity contribution in [1.29, 1.82) is 0 Å². The highest BCUT2D eigenvalue weighted by Crippen LogP contribution is 2.46. The van der Waals surface area contributed by atoms with Gasteiger partial charge in [-0.25, -0.2) is 0 Å². The van der Waals surface area contributed by atoms with Crippen molar-refractivity contribution in [3.8, 4) is 0 Å². The molecule has 0 bridgehead atoms. The Balaban J connectivity index is 2.32. The second kappa shape index (κ2) is 3.56. The summed E-state index contributed by atoms with van der Waals surface area (Å²) in [6.45, 7) is 10.1. The highest BCUT2D eigenvalue weighted by Gasteiger charge is 2.50. The van der Waals surface area contributed by atoms with E-state index >= 15 is 0 Å². The Bertz CT molecular complexity index is 309. The van der Waals surface area contributed by atoms with Gasteiger partial charge in [-0.2, -0.15) is 0 Å². The fourth-order valence-electron chi connectivity index (χ4n) is 2.83. The summed E-state index contributed by atoms with van der Waals surface area (Å²) in [5, 5.41) is 10.1. The van der Waals surface area contributed by atoms with Gasteiger partial charge >= 0.3 is 0 Å². The van der Waals surface area contributed by atoms with Crippen molar-refractivity contribution in [2.75, 3.05) is 0 Å². The lowest BCUT2D eigenvalue weighted by Gasteiger charge is -2.42. The third-order valence-electron chi connectivity index (χ3n) is 3.75. The number of hydrogen-bond acceptors (Lipinski definition) is 3. The van der Waals surface area contributed by atoms with Crippen molar-refractivity contribution in [2.45, 2.75) is 65.1 Å². The molecule has 1 N–H and O–H groups in total. The van der Waals surface area contributed by atoms with Crippen LogP contribution in [-0.4, -0.2) is 29.2 Å². The van der Waals surface area contributed by atoms with E-state index in [1.807, 2.05) is 26.8 Å². The average Bonchev–Trinajstić information content (AvgIpc) is 2.37. The predicted octanol–water partition coefficient (Wildman–Crippen LogP) is 2.24. The molecule has 1 spiro atoms. The second-order valence-electron chi connectivity index (χ2n) is 5.91. The van der Waals surface area contributed by atoms with Crippen LogP contribution in [0.4, 0.5) is 0 Å². The summed E-state index contributed by atoms with van der Waals surface area (Å²) < 4.78 is 11.9. The normalized spacial score (nSPS) is 47.1. The Kier molecular flexibility index (Phi) is 2.69. The first-order chi connectivity index (χ1) is 7.26. The molecule has 2 aliphatic rings. The molecule has 3 unspecified atom stereocenters. The van der Waals surface area contributed by atoms with Gasteiger partial charge in [-0.3, -0.25) is 0 Å². The zero-order valence-corrected chi connectivity index (χ0v) is 10.8. The Morgan fingerprint density at radius 2 is 1.75 bits per heavy atom. The molecule has 1 heterocycles. The number of ether oxygens (including phenoxy) is 2. The monoisotopic (exact) mass is 226 g/mol. The van der Waals surface area contributed by atoms with Crippen LogP contribution in [0.1, 0.15) is 41.0 Å². The van der Waals surface area contributed by atoms with E-state index in [-0.39, 0.29) is 17.6 Å². The first kappa shape index (κ1) is 12.1. The zero-order valence-electron chi connectivity index (χ0n) is 10.8. The number of aliphatic hydroxyl groups is 1. The molecule has 1 aliphatic carbocycles. The van der Waals surface area contributed by atoms with Gasteiger partial charge in [-0.05, 0) is 37.8 Å². The number of rotatable bonds is 0. The standard InChI is InChI=1S/C13H22O3/c1-8-6-13(7-12(4,5)11(8)14)15-9(2)10(3)16-13/h6,9-11,14H,7H2,1-5H3. The summed E-state index contributed by atoms with van der Waals surface area (Å²) in [6, 6.07) is 0. The molecule has 0 aromatic carbocycles. The van der Waals surface area contributed by atoms with Crippen molar-refractivity contribution in [3.05, 3.63) is 11.6 Å². The van der Waals surface area contributed by atoms with Crippen LogP contribution >= 0.6 is 0 Å². The largest absolute Gasteiger partial charge is 0.388 e. The van der Waals surface area contributed by atoms with Gasteiger partial charge in [0.05, 0.1) is 18.3 Å². The third kappa shape index (κ3) is 1.81. The Morgan fingerprint density at radius 3 is 2.19 bits per heavy atom. The predicted molar refractivity (Wildman–Crippen MR) is 62.0 cm³/mol. The summed E-state index contributed by atoms with van der Waals surface area (Å²) in [7, 11) is 0. The van der Waals surface area contributed by atoms with Crippen LogP contribution in [0.3, 0.4) is 0 Å². The van der Waals surface area contributed by atoms with E-state index in [1.54, 1.807) is 0 Å². The quantitative estimate of drug-likeness (QED) is 0.644. The summed E-state index contributed by atoms with van der Waals surface area (Å²) >= 11 is 0. The molecule has 92 valence electrons. The minimum absolute atomic E-state index is 0.107. The van der Waals surface area contributed by atoms with E-state index in [4.69, 9.17) is 9.47 Å². The van der Waals surface area contributed by atoms with Gasteiger partial charge < -0.3 is 14.6 Å². The maximum Gasteiger partial charge on any atom is 0.189 e. The maximum atomic E-state index is 10.1. The van der Waals surface area contributed by atoms with Crippen LogP contribution in [0, 0.1) is 5.41 Å². The number of hydrogen-bond donors (Lipinski definition) is 1. The van der Waals surface area contributed by atoms with Gasteiger partial charge in [0, 0.05) is 6.42 Å². The summed E-state index contributed by atoms with van der Waals surface area (Å²) in [6.07, 6.45) is 2.46. The lowest BCUT2D eigenvalue weighted by Crippen LogP contribution is -2.45. The Labute approximate surface area is 97.4 Å². The molecule has 3 nitrogen and oxygen atoms in total. The van der Waals surface area contributed by atoms with E-state index in [9.17, 15) is 5.11 Å². The fraction of sp³-hybridized carbons (Fsp3) is 0.846. The molecule has 3 heteroatoms. The topological polar surface area (TPSA) is 38.7 Å². The van der Waals surface area contributed by atoms with Gasteiger partial charge in [0.2, 0.25) is 0 Å². The first-order valence-electron chi connectivity index (χ1n) is 5.99. The van der Waals surface area contributed by atoms with Crippen LogP contribution in [-0.2, 0) is 9.47 Å². The molecule has 0 aromatic heterocycles. The van der Waals surface area contributed by atoms with Gasteiger partial charge in [-0.15, -0.1) is 0 Å². The van der Waals surface area contributed by atoms with Crippen LogP contribution in [0.5, 0.6) is 0 Å². The van der Waals surface area contributed by atoms with E-state index < -0.39 is 11.9 Å². The van der Waals surface area contributed by atoms with Crippen LogP contribution in [0.15, 0.2) is 11.6 Å². The van der Waals surface area contributed by atoms with Crippen molar-refractivity contribution in [2.24, 2.45) is 5.41 Å². The summed E-state index contributed by atoms with van der Waals surface area (Å²) in [5.41, 5.74) is 0.736. The van der Waals surface area contributed by atoms with Crippen molar-refractivity contribution >= 4 is 0 Å². The molecule has 2 rings (SSSR count). The molecule has 3 atom stereocenters. The highest BCUT2D eigenvalue weighted by atomic mass is 16.8. The van der Waals surface area contributed by atoms with Crippen molar-refractivity contribution in [1.82, 2.24) is 0 Å². The molecule has 0 saturated carbocycles. The van der Waals surface area contributed by atoms with E-state index in [2.05, 4.69) is 13.8 Å². The molecule has 1 aliphatic heterocycles. The molecule has 0 aromatic rings. The van der Waals surface area contributed by atoms with Crippen molar-refractivity contribution < 1.29 is 14.6 Å². The van der Waals surface area contributed by atoms with Crippen LogP contribution in [0.25, 0.3) is 0 Å². The molecule has 16 heavy (non-hydrogen) atoms. The minimum atomic E-state index is -0.619.